The zero-order valence-electron chi connectivity index (χ0n) is 12.0. The molecule has 120 valence electrons. The quantitative estimate of drug-likeness (QED) is 0.873. The molecule has 0 atom stereocenters. The molecule has 0 spiro atoms. The van der Waals surface area contributed by atoms with Crippen molar-refractivity contribution in [3.8, 4) is 11.5 Å². The fourth-order valence-corrected chi connectivity index (χ4v) is 2.14. The molecule has 1 aliphatic rings. The summed E-state index contributed by atoms with van der Waals surface area (Å²) in [6.45, 7) is 3.31. The van der Waals surface area contributed by atoms with Gasteiger partial charge in [0.2, 0.25) is 5.91 Å². The highest BCUT2D eigenvalue weighted by Gasteiger charge is 2.43. The standard InChI is InChI=1S/C14H15F2NO5/c1-13(2,7-12(19)20)6-11(18)17-8-3-4-9-10(5-8)22-14(15,16)21-9/h3-5H,6-7H2,1-2H3,(H,17,18)(H,19,20). The van der Waals surface area contributed by atoms with Crippen molar-refractivity contribution < 1.29 is 33.0 Å². The van der Waals surface area contributed by atoms with Crippen molar-refractivity contribution in [1.29, 1.82) is 0 Å². The number of anilines is 1. The van der Waals surface area contributed by atoms with Crippen LogP contribution in [0.15, 0.2) is 18.2 Å². The van der Waals surface area contributed by atoms with Crippen LogP contribution in [0.2, 0.25) is 0 Å². The maximum atomic E-state index is 12.9. The number of hydrogen-bond acceptors (Lipinski definition) is 4. The third kappa shape index (κ3) is 4.06. The van der Waals surface area contributed by atoms with Gasteiger partial charge in [-0.1, -0.05) is 13.8 Å². The first-order valence-electron chi connectivity index (χ1n) is 6.48. The van der Waals surface area contributed by atoms with Crippen molar-refractivity contribution in [2.24, 2.45) is 5.41 Å². The molecule has 8 heteroatoms. The molecular formula is C14H15F2NO5. The van der Waals surface area contributed by atoms with E-state index in [4.69, 9.17) is 5.11 Å². The molecule has 6 nitrogen and oxygen atoms in total. The van der Waals surface area contributed by atoms with Gasteiger partial charge in [0.05, 0.1) is 6.42 Å². The number of halogens is 2. The Morgan fingerprint density at radius 3 is 2.50 bits per heavy atom. The van der Waals surface area contributed by atoms with Crippen molar-refractivity contribution in [2.45, 2.75) is 33.0 Å². The molecule has 1 amide bonds. The monoisotopic (exact) mass is 315 g/mol. The van der Waals surface area contributed by atoms with Crippen LogP contribution in [-0.4, -0.2) is 23.3 Å². The Labute approximate surface area is 125 Å². The molecule has 0 aliphatic carbocycles. The van der Waals surface area contributed by atoms with Crippen molar-refractivity contribution in [3.63, 3.8) is 0 Å². The number of alkyl halides is 2. The van der Waals surface area contributed by atoms with Crippen LogP contribution < -0.4 is 14.8 Å². The van der Waals surface area contributed by atoms with Gasteiger partial charge in [0.15, 0.2) is 11.5 Å². The zero-order chi connectivity index (χ0) is 16.5. The highest BCUT2D eigenvalue weighted by atomic mass is 19.3. The summed E-state index contributed by atoms with van der Waals surface area (Å²) in [6.07, 6.45) is -3.90. The smallest absolute Gasteiger partial charge is 0.481 e. The Kier molecular flexibility index (Phi) is 3.95. The topological polar surface area (TPSA) is 84.9 Å². The van der Waals surface area contributed by atoms with E-state index in [1.807, 2.05) is 0 Å². The predicted molar refractivity (Wildman–Crippen MR) is 71.9 cm³/mol. The van der Waals surface area contributed by atoms with Crippen LogP contribution in [0, 0.1) is 5.41 Å². The fourth-order valence-electron chi connectivity index (χ4n) is 2.14. The summed E-state index contributed by atoms with van der Waals surface area (Å²) in [5, 5.41) is 11.3. The Bertz CT molecular complexity index is 615. The first-order valence-corrected chi connectivity index (χ1v) is 6.48. The minimum Gasteiger partial charge on any atom is -0.481 e. The normalized spacial score (nSPS) is 15.5. The second-order valence-corrected chi connectivity index (χ2v) is 5.79. The molecule has 2 rings (SSSR count). The summed E-state index contributed by atoms with van der Waals surface area (Å²) in [4.78, 5) is 22.6. The predicted octanol–water partition coefficient (Wildman–Crippen LogP) is 2.84. The van der Waals surface area contributed by atoms with Gasteiger partial charge in [0.1, 0.15) is 0 Å². The second-order valence-electron chi connectivity index (χ2n) is 5.79. The molecule has 22 heavy (non-hydrogen) atoms. The number of aliphatic carboxylic acids is 1. The molecule has 0 saturated heterocycles. The van der Waals surface area contributed by atoms with Crippen LogP contribution in [0.25, 0.3) is 0 Å². The van der Waals surface area contributed by atoms with E-state index in [0.29, 0.717) is 0 Å². The van der Waals surface area contributed by atoms with E-state index in [1.54, 1.807) is 13.8 Å². The van der Waals surface area contributed by atoms with Crippen LogP contribution in [-0.2, 0) is 9.59 Å². The minimum absolute atomic E-state index is 0.0239. The van der Waals surface area contributed by atoms with Crippen molar-refractivity contribution in [1.82, 2.24) is 0 Å². The molecule has 0 fully saturated rings. The van der Waals surface area contributed by atoms with Gasteiger partial charge >= 0.3 is 12.3 Å². The van der Waals surface area contributed by atoms with E-state index in [2.05, 4.69) is 14.8 Å². The molecule has 1 aliphatic heterocycles. The number of hydrogen-bond donors (Lipinski definition) is 2. The summed E-state index contributed by atoms with van der Waals surface area (Å²) in [6, 6.07) is 3.87. The van der Waals surface area contributed by atoms with Crippen molar-refractivity contribution in [3.05, 3.63) is 18.2 Å². The molecule has 1 aromatic carbocycles. The lowest BCUT2D eigenvalue weighted by Crippen LogP contribution is -2.26. The second kappa shape index (κ2) is 5.43. The van der Waals surface area contributed by atoms with Gasteiger partial charge in [-0.05, 0) is 17.5 Å². The van der Waals surface area contributed by atoms with Crippen molar-refractivity contribution in [2.75, 3.05) is 5.32 Å². The summed E-state index contributed by atoms with van der Waals surface area (Å²) >= 11 is 0. The first kappa shape index (κ1) is 16.0. The SMILES string of the molecule is CC(C)(CC(=O)O)CC(=O)Nc1ccc2c(c1)OC(F)(F)O2. The number of carboxylic acids is 1. The number of rotatable bonds is 5. The number of carbonyl (C=O) groups excluding carboxylic acids is 1. The molecule has 0 aromatic heterocycles. The van der Waals surface area contributed by atoms with E-state index >= 15 is 0 Å². The van der Waals surface area contributed by atoms with Gasteiger partial charge in [-0.25, -0.2) is 0 Å². The van der Waals surface area contributed by atoms with Crippen LogP contribution in [0.4, 0.5) is 14.5 Å². The number of carboxylic acid groups (broad SMARTS) is 1. The highest BCUT2D eigenvalue weighted by molar-refractivity contribution is 5.91. The number of amides is 1. The average Bonchev–Trinajstić information content (AvgIpc) is 2.59. The van der Waals surface area contributed by atoms with Crippen LogP contribution in [0.1, 0.15) is 26.7 Å². The minimum atomic E-state index is -3.71. The Hall–Kier alpha value is -2.38. The number of benzene rings is 1. The average molecular weight is 315 g/mol. The highest BCUT2D eigenvalue weighted by Crippen LogP contribution is 2.42. The summed E-state index contributed by atoms with van der Waals surface area (Å²) in [7, 11) is 0. The van der Waals surface area contributed by atoms with Crippen molar-refractivity contribution >= 4 is 17.6 Å². The van der Waals surface area contributed by atoms with E-state index in [1.165, 1.54) is 18.2 Å². The lowest BCUT2D eigenvalue weighted by atomic mass is 9.85. The molecule has 0 saturated carbocycles. The molecule has 0 unspecified atom stereocenters. The van der Waals surface area contributed by atoms with Crippen LogP contribution >= 0.6 is 0 Å². The first-order chi connectivity index (χ1) is 10.1. The lowest BCUT2D eigenvalue weighted by Gasteiger charge is -2.21. The lowest BCUT2D eigenvalue weighted by molar-refractivity contribution is -0.286. The van der Waals surface area contributed by atoms with Gasteiger partial charge < -0.3 is 19.9 Å². The molecule has 0 bridgehead atoms. The number of carbonyl (C=O) groups is 2. The summed E-state index contributed by atoms with van der Waals surface area (Å²) in [5.41, 5.74) is -0.463. The molecule has 1 heterocycles. The zero-order valence-corrected chi connectivity index (χ0v) is 12.0. The van der Waals surface area contributed by atoms with Gasteiger partial charge in [-0.2, -0.15) is 0 Å². The van der Waals surface area contributed by atoms with E-state index in [0.717, 1.165) is 0 Å². The largest absolute Gasteiger partial charge is 0.586 e. The van der Waals surface area contributed by atoms with E-state index < -0.39 is 23.6 Å². The van der Waals surface area contributed by atoms with Gasteiger partial charge in [-0.15, -0.1) is 8.78 Å². The summed E-state index contributed by atoms with van der Waals surface area (Å²) < 4.78 is 34.3. The van der Waals surface area contributed by atoms with Gasteiger partial charge in [-0.3, -0.25) is 9.59 Å². The molecule has 0 radical (unpaired) electrons. The summed E-state index contributed by atoms with van der Waals surface area (Å²) in [5.74, 6) is -1.71. The third-order valence-corrected chi connectivity index (χ3v) is 2.95. The van der Waals surface area contributed by atoms with Crippen LogP contribution in [0.3, 0.4) is 0 Å². The van der Waals surface area contributed by atoms with Crippen LogP contribution in [0.5, 0.6) is 11.5 Å². The Morgan fingerprint density at radius 2 is 1.86 bits per heavy atom. The maximum absolute atomic E-state index is 12.9. The maximum Gasteiger partial charge on any atom is 0.586 e. The number of nitrogens with one attached hydrogen (secondary N) is 1. The van der Waals surface area contributed by atoms with Gasteiger partial charge in [0, 0.05) is 18.2 Å². The fraction of sp³-hybridized carbons (Fsp3) is 0.429. The molecular weight excluding hydrogens is 300 g/mol. The molecule has 2 N–H and O–H groups in total. The third-order valence-electron chi connectivity index (χ3n) is 2.95. The molecule has 1 aromatic rings. The number of ether oxygens (including phenoxy) is 2. The Morgan fingerprint density at radius 1 is 1.23 bits per heavy atom. The van der Waals surface area contributed by atoms with Gasteiger partial charge in [0.25, 0.3) is 0 Å². The van der Waals surface area contributed by atoms with E-state index in [9.17, 15) is 18.4 Å². The van der Waals surface area contributed by atoms with E-state index in [-0.39, 0.29) is 30.0 Å². The Balaban J connectivity index is 2.00. The number of fused-ring (bicyclic) bond motifs is 1.